The normalized spacial score (nSPS) is 23.5. The molecule has 136 valence electrons. The van der Waals surface area contributed by atoms with Crippen LogP contribution in [0.1, 0.15) is 16.7 Å². The largest absolute Gasteiger partial charge is 0.387 e. The number of hydrogen-bond acceptors (Lipinski definition) is 5. The van der Waals surface area contributed by atoms with Crippen molar-refractivity contribution in [3.8, 4) is 23.7 Å². The Morgan fingerprint density at radius 3 is 2.00 bits per heavy atom. The molecule has 0 aromatic heterocycles. The minimum absolute atomic E-state index is 0.667. The first-order valence-electron chi connectivity index (χ1n) is 8.22. The van der Waals surface area contributed by atoms with E-state index in [1.165, 1.54) is 5.48 Å². The molecule has 3 rings (SSSR count). The number of nitrogens with one attached hydrogen (secondary N) is 1. The number of ether oxygens (including phenoxy) is 1. The van der Waals surface area contributed by atoms with Gasteiger partial charge in [0.1, 0.15) is 18.3 Å². The first-order valence-corrected chi connectivity index (χ1v) is 8.22. The van der Waals surface area contributed by atoms with Crippen molar-refractivity contribution in [1.82, 2.24) is 5.48 Å². The molecule has 1 heterocycles. The van der Waals surface area contributed by atoms with Gasteiger partial charge in [0.05, 0.1) is 0 Å². The zero-order chi connectivity index (χ0) is 19.2. The van der Waals surface area contributed by atoms with E-state index in [1.807, 2.05) is 42.5 Å². The maximum atomic E-state index is 11.4. The SMILES string of the molecule is O=C(NO)[C@H]1O[C@@H](C#Cc2ccc(C#Cc3ccccc3)cc2)[C@@H](O)[C@H]1O. The molecule has 0 spiro atoms. The molecule has 0 radical (unpaired) electrons. The monoisotopic (exact) mass is 363 g/mol. The molecule has 0 aliphatic carbocycles. The third kappa shape index (κ3) is 4.53. The summed E-state index contributed by atoms with van der Waals surface area (Å²) in [7, 11) is 0. The molecule has 0 saturated carbocycles. The van der Waals surface area contributed by atoms with E-state index in [9.17, 15) is 15.0 Å². The van der Waals surface area contributed by atoms with E-state index in [4.69, 9.17) is 9.94 Å². The van der Waals surface area contributed by atoms with E-state index in [0.717, 1.165) is 11.1 Å². The number of hydroxylamine groups is 1. The van der Waals surface area contributed by atoms with Gasteiger partial charge in [-0.05, 0) is 36.4 Å². The average Bonchev–Trinajstić information content (AvgIpc) is 3.00. The van der Waals surface area contributed by atoms with Gasteiger partial charge >= 0.3 is 0 Å². The minimum atomic E-state index is -1.47. The van der Waals surface area contributed by atoms with E-state index in [0.29, 0.717) is 5.56 Å². The first kappa shape index (κ1) is 18.7. The molecule has 1 saturated heterocycles. The number of aliphatic hydroxyl groups is 2. The zero-order valence-corrected chi connectivity index (χ0v) is 14.2. The molecule has 2 aromatic rings. The van der Waals surface area contributed by atoms with Crippen molar-refractivity contribution < 1.29 is 25.0 Å². The fourth-order valence-electron chi connectivity index (χ4n) is 2.53. The lowest BCUT2D eigenvalue weighted by atomic mass is 10.1. The van der Waals surface area contributed by atoms with E-state index < -0.39 is 30.3 Å². The molecule has 27 heavy (non-hydrogen) atoms. The number of carbonyl (C=O) groups excluding carboxylic acids is 1. The summed E-state index contributed by atoms with van der Waals surface area (Å²) in [6, 6.07) is 16.8. The standard InChI is InChI=1S/C21H17NO5/c23-18-17(27-20(19(18)24)21(25)22-26)13-12-16-10-8-15(9-11-16)7-6-14-4-2-1-3-5-14/h1-5,8-11,17-20,23-24,26H,(H,22,25)/t17-,18+,19+,20-/m0/s1. The summed E-state index contributed by atoms with van der Waals surface area (Å²) in [5.74, 6) is 10.7. The summed E-state index contributed by atoms with van der Waals surface area (Å²) in [6.45, 7) is 0. The second kappa shape index (κ2) is 8.50. The van der Waals surface area contributed by atoms with Gasteiger partial charge in [0.15, 0.2) is 6.10 Å². The zero-order valence-electron chi connectivity index (χ0n) is 14.2. The van der Waals surface area contributed by atoms with E-state index in [-0.39, 0.29) is 0 Å². The Labute approximate surface area is 156 Å². The molecule has 6 heteroatoms. The molecule has 6 nitrogen and oxygen atoms in total. The molecule has 1 aliphatic heterocycles. The minimum Gasteiger partial charge on any atom is -0.387 e. The molecule has 4 atom stereocenters. The van der Waals surface area contributed by atoms with Crippen molar-refractivity contribution >= 4 is 5.91 Å². The summed E-state index contributed by atoms with van der Waals surface area (Å²) in [6.07, 6.45) is -5.23. The smallest absolute Gasteiger partial charge is 0.275 e. The summed E-state index contributed by atoms with van der Waals surface area (Å²) < 4.78 is 5.20. The van der Waals surface area contributed by atoms with E-state index >= 15 is 0 Å². The molecule has 0 unspecified atom stereocenters. The van der Waals surface area contributed by atoms with Gasteiger partial charge in [0.25, 0.3) is 5.91 Å². The average molecular weight is 363 g/mol. The lowest BCUT2D eigenvalue weighted by Gasteiger charge is -2.11. The third-order valence-corrected chi connectivity index (χ3v) is 4.00. The van der Waals surface area contributed by atoms with Crippen molar-refractivity contribution in [3.05, 3.63) is 71.3 Å². The lowest BCUT2D eigenvalue weighted by Crippen LogP contribution is -2.41. The van der Waals surface area contributed by atoms with Crippen LogP contribution < -0.4 is 5.48 Å². The van der Waals surface area contributed by atoms with Gasteiger partial charge in [-0.1, -0.05) is 41.9 Å². The maximum Gasteiger partial charge on any atom is 0.275 e. The topological polar surface area (TPSA) is 99.0 Å². The van der Waals surface area contributed by atoms with E-state index in [1.54, 1.807) is 12.1 Å². The van der Waals surface area contributed by atoms with Gasteiger partial charge in [0, 0.05) is 16.7 Å². The third-order valence-electron chi connectivity index (χ3n) is 4.00. The summed E-state index contributed by atoms with van der Waals surface area (Å²) >= 11 is 0. The maximum absolute atomic E-state index is 11.4. The Morgan fingerprint density at radius 1 is 0.852 bits per heavy atom. The second-order valence-electron chi connectivity index (χ2n) is 5.90. The lowest BCUT2D eigenvalue weighted by molar-refractivity contribution is -0.143. The fraction of sp³-hybridized carbons (Fsp3) is 0.190. The molecule has 2 aromatic carbocycles. The van der Waals surface area contributed by atoms with Gasteiger partial charge in [-0.15, -0.1) is 0 Å². The highest BCUT2D eigenvalue weighted by Crippen LogP contribution is 2.21. The highest BCUT2D eigenvalue weighted by Gasteiger charge is 2.45. The highest BCUT2D eigenvalue weighted by atomic mass is 16.6. The quantitative estimate of drug-likeness (QED) is 0.335. The number of benzene rings is 2. The van der Waals surface area contributed by atoms with Crippen LogP contribution in [-0.4, -0.2) is 45.7 Å². The Morgan fingerprint density at radius 2 is 1.41 bits per heavy atom. The number of hydrogen-bond donors (Lipinski definition) is 4. The highest BCUT2D eigenvalue weighted by molar-refractivity contribution is 5.80. The van der Waals surface area contributed by atoms with Crippen molar-refractivity contribution in [3.63, 3.8) is 0 Å². The molecule has 4 N–H and O–H groups in total. The summed E-state index contributed by atoms with van der Waals surface area (Å²) in [5.41, 5.74) is 3.81. The Hall–Kier alpha value is -3.13. The number of rotatable bonds is 1. The molecule has 1 aliphatic rings. The summed E-state index contributed by atoms with van der Waals surface area (Å²) in [4.78, 5) is 11.4. The van der Waals surface area contributed by atoms with Crippen LogP contribution in [-0.2, 0) is 9.53 Å². The van der Waals surface area contributed by atoms with Crippen molar-refractivity contribution in [1.29, 1.82) is 0 Å². The van der Waals surface area contributed by atoms with Crippen LogP contribution in [0.15, 0.2) is 54.6 Å². The Bertz CT molecular complexity index is 918. The van der Waals surface area contributed by atoms with Crippen LogP contribution in [0.5, 0.6) is 0 Å². The molecular formula is C21H17NO5. The number of aliphatic hydroxyl groups excluding tert-OH is 2. The fourth-order valence-corrected chi connectivity index (χ4v) is 2.53. The van der Waals surface area contributed by atoms with Crippen molar-refractivity contribution in [2.24, 2.45) is 0 Å². The van der Waals surface area contributed by atoms with Gasteiger partial charge in [-0.2, -0.15) is 0 Å². The number of amides is 1. The summed E-state index contributed by atoms with van der Waals surface area (Å²) in [5, 5.41) is 28.3. The molecular weight excluding hydrogens is 346 g/mol. The van der Waals surface area contributed by atoms with Gasteiger partial charge < -0.3 is 14.9 Å². The molecule has 1 fully saturated rings. The van der Waals surface area contributed by atoms with Crippen molar-refractivity contribution in [2.75, 3.05) is 0 Å². The van der Waals surface area contributed by atoms with Crippen LogP contribution >= 0.6 is 0 Å². The predicted octanol–water partition coefficient (Wildman–Crippen LogP) is 0.432. The van der Waals surface area contributed by atoms with E-state index in [2.05, 4.69) is 23.7 Å². The van der Waals surface area contributed by atoms with Crippen LogP contribution in [0.4, 0.5) is 0 Å². The van der Waals surface area contributed by atoms with Crippen LogP contribution in [0, 0.1) is 23.7 Å². The number of carbonyl (C=O) groups is 1. The van der Waals surface area contributed by atoms with Crippen LogP contribution in [0.3, 0.4) is 0 Å². The van der Waals surface area contributed by atoms with Gasteiger partial charge in [-0.3, -0.25) is 10.0 Å². The van der Waals surface area contributed by atoms with Crippen molar-refractivity contribution in [2.45, 2.75) is 24.4 Å². The second-order valence-corrected chi connectivity index (χ2v) is 5.90. The molecule has 1 amide bonds. The van der Waals surface area contributed by atoms with Crippen LogP contribution in [0.2, 0.25) is 0 Å². The van der Waals surface area contributed by atoms with Crippen LogP contribution in [0.25, 0.3) is 0 Å². The molecule has 0 bridgehead atoms. The van der Waals surface area contributed by atoms with Gasteiger partial charge in [0.2, 0.25) is 0 Å². The predicted molar refractivity (Wildman–Crippen MR) is 96.3 cm³/mol. The Kier molecular flexibility index (Phi) is 5.87. The first-order chi connectivity index (χ1) is 13.1. The Balaban J connectivity index is 1.68. The van der Waals surface area contributed by atoms with Gasteiger partial charge in [-0.25, -0.2) is 5.48 Å².